The molecule has 1 amide bonds. The fourth-order valence-corrected chi connectivity index (χ4v) is 2.59. The van der Waals surface area contributed by atoms with Crippen molar-refractivity contribution >= 4 is 11.6 Å². The second kappa shape index (κ2) is 7.23. The zero-order valence-corrected chi connectivity index (χ0v) is 14.6. The van der Waals surface area contributed by atoms with Crippen LogP contribution in [0.3, 0.4) is 0 Å². The Kier molecular flexibility index (Phi) is 4.84. The average Bonchev–Trinajstić information content (AvgIpc) is 2.60. The molecule has 132 valence electrons. The zero-order valence-electron chi connectivity index (χ0n) is 14.6. The lowest BCUT2D eigenvalue weighted by Crippen LogP contribution is -2.28. The first kappa shape index (κ1) is 17.4. The minimum Gasteiger partial charge on any atom is -0.326 e. The van der Waals surface area contributed by atoms with Gasteiger partial charge in [0.25, 0.3) is 17.0 Å². The number of hydrogen-bond donors (Lipinski definition) is 2. The Morgan fingerprint density at radius 1 is 1.04 bits per heavy atom. The maximum Gasteiger partial charge on any atom is 0.274 e. The number of benzene rings is 1. The van der Waals surface area contributed by atoms with Crippen LogP contribution in [0, 0.1) is 13.8 Å². The van der Waals surface area contributed by atoms with E-state index in [-0.39, 0.29) is 16.8 Å². The Bertz CT molecular complexity index is 1060. The molecule has 0 radical (unpaired) electrons. The van der Waals surface area contributed by atoms with Gasteiger partial charge in [-0.05, 0) is 43.7 Å². The van der Waals surface area contributed by atoms with E-state index in [9.17, 15) is 14.4 Å². The van der Waals surface area contributed by atoms with Crippen LogP contribution in [0.15, 0.2) is 64.3 Å². The van der Waals surface area contributed by atoms with Gasteiger partial charge >= 0.3 is 0 Å². The maximum absolute atomic E-state index is 12.6. The highest BCUT2D eigenvalue weighted by Crippen LogP contribution is 2.07. The Morgan fingerprint density at radius 3 is 2.46 bits per heavy atom. The Hall–Kier alpha value is -3.41. The number of amides is 1. The summed E-state index contributed by atoms with van der Waals surface area (Å²) in [5, 5.41) is 2.53. The van der Waals surface area contributed by atoms with Gasteiger partial charge in [-0.2, -0.15) is 0 Å². The van der Waals surface area contributed by atoms with Crippen LogP contribution in [0.4, 0.5) is 5.69 Å². The first-order valence-electron chi connectivity index (χ1n) is 8.20. The highest BCUT2D eigenvalue weighted by Gasteiger charge is 2.13. The number of hydrogen-bond acceptors (Lipinski definition) is 3. The van der Waals surface area contributed by atoms with Crippen molar-refractivity contribution < 1.29 is 4.79 Å². The maximum atomic E-state index is 12.6. The van der Waals surface area contributed by atoms with Gasteiger partial charge in [-0.3, -0.25) is 14.4 Å². The quantitative estimate of drug-likeness (QED) is 0.759. The van der Waals surface area contributed by atoms with Gasteiger partial charge in [0.05, 0.1) is 6.54 Å². The highest BCUT2D eigenvalue weighted by molar-refractivity contribution is 6.03. The van der Waals surface area contributed by atoms with Crippen LogP contribution in [-0.2, 0) is 6.54 Å². The summed E-state index contributed by atoms with van der Waals surface area (Å²) < 4.78 is 1.51. The van der Waals surface area contributed by atoms with Gasteiger partial charge in [0.15, 0.2) is 0 Å². The normalized spacial score (nSPS) is 10.5. The molecule has 0 unspecified atom stereocenters. The molecular weight excluding hydrogens is 330 g/mol. The smallest absolute Gasteiger partial charge is 0.274 e. The average molecular weight is 349 g/mol. The van der Waals surface area contributed by atoms with Gasteiger partial charge in [-0.25, -0.2) is 0 Å². The van der Waals surface area contributed by atoms with Crippen molar-refractivity contribution in [3.63, 3.8) is 0 Å². The standard InChI is InChI=1S/C20H19N3O3/c1-13-5-8-15(9-6-13)12-23-11-3-4-17(20(23)26)22-19(25)16-10-7-14(2)21-18(16)24/h3-11H,12H2,1-2H3,(H,21,24)(H,22,25). The summed E-state index contributed by atoms with van der Waals surface area (Å²) in [5.74, 6) is -0.614. The lowest BCUT2D eigenvalue weighted by atomic mass is 10.1. The van der Waals surface area contributed by atoms with Gasteiger partial charge in [0.2, 0.25) is 0 Å². The molecule has 0 aliphatic rings. The van der Waals surface area contributed by atoms with Gasteiger partial charge in [0.1, 0.15) is 11.3 Å². The molecule has 1 aromatic carbocycles. The molecule has 0 atom stereocenters. The third-order valence-electron chi connectivity index (χ3n) is 4.04. The molecule has 0 saturated heterocycles. The molecule has 0 fully saturated rings. The van der Waals surface area contributed by atoms with Crippen LogP contribution in [0.2, 0.25) is 0 Å². The van der Waals surface area contributed by atoms with Crippen molar-refractivity contribution in [3.05, 3.63) is 97.8 Å². The minimum absolute atomic E-state index is 0.0380. The van der Waals surface area contributed by atoms with Crippen LogP contribution in [0.25, 0.3) is 0 Å². The topological polar surface area (TPSA) is 84.0 Å². The number of rotatable bonds is 4. The van der Waals surface area contributed by atoms with Gasteiger partial charge in [-0.15, -0.1) is 0 Å². The Morgan fingerprint density at radius 2 is 1.77 bits per heavy atom. The number of H-pyrrole nitrogens is 1. The van der Waals surface area contributed by atoms with Gasteiger partial charge < -0.3 is 14.9 Å². The molecule has 6 nitrogen and oxygen atoms in total. The first-order valence-corrected chi connectivity index (χ1v) is 8.20. The van der Waals surface area contributed by atoms with Crippen molar-refractivity contribution in [3.8, 4) is 0 Å². The number of carbonyl (C=O) groups excluding carboxylic acids is 1. The van der Waals surface area contributed by atoms with E-state index in [1.54, 1.807) is 25.3 Å². The molecule has 2 N–H and O–H groups in total. The molecule has 6 heteroatoms. The van der Waals surface area contributed by atoms with Gasteiger partial charge in [0, 0.05) is 11.9 Å². The van der Waals surface area contributed by atoms with Crippen molar-refractivity contribution in [1.82, 2.24) is 9.55 Å². The molecule has 2 heterocycles. The van der Waals surface area contributed by atoms with E-state index in [4.69, 9.17) is 0 Å². The summed E-state index contributed by atoms with van der Waals surface area (Å²) in [6, 6.07) is 14.2. The number of aromatic amines is 1. The third-order valence-corrected chi connectivity index (χ3v) is 4.04. The van der Waals surface area contributed by atoms with E-state index in [0.29, 0.717) is 12.2 Å². The predicted molar refractivity (Wildman–Crippen MR) is 101 cm³/mol. The van der Waals surface area contributed by atoms with Crippen molar-refractivity contribution in [1.29, 1.82) is 0 Å². The molecule has 0 spiro atoms. The Balaban J connectivity index is 1.85. The summed E-state index contributed by atoms with van der Waals surface area (Å²) >= 11 is 0. The highest BCUT2D eigenvalue weighted by atomic mass is 16.2. The SMILES string of the molecule is Cc1ccc(Cn2cccc(NC(=O)c3ccc(C)[nH]c3=O)c2=O)cc1. The van der Waals surface area contributed by atoms with Crippen LogP contribution in [0.5, 0.6) is 0 Å². The Labute approximate surface area is 150 Å². The molecule has 2 aromatic heterocycles. The fraction of sp³-hybridized carbons (Fsp3) is 0.150. The van der Waals surface area contributed by atoms with Crippen LogP contribution < -0.4 is 16.4 Å². The summed E-state index contributed by atoms with van der Waals surface area (Å²) in [7, 11) is 0. The van der Waals surface area contributed by atoms with E-state index in [2.05, 4.69) is 10.3 Å². The summed E-state index contributed by atoms with van der Waals surface area (Å²) in [4.78, 5) is 39.4. The van der Waals surface area contributed by atoms with Crippen LogP contribution >= 0.6 is 0 Å². The van der Waals surface area contributed by atoms with E-state index < -0.39 is 11.5 Å². The number of anilines is 1. The number of nitrogens with zero attached hydrogens (tertiary/aromatic N) is 1. The lowest BCUT2D eigenvalue weighted by molar-refractivity contribution is 0.102. The van der Waals surface area contributed by atoms with Crippen molar-refractivity contribution in [2.45, 2.75) is 20.4 Å². The number of carbonyl (C=O) groups is 1. The number of aryl methyl sites for hydroxylation is 2. The second-order valence-corrected chi connectivity index (χ2v) is 6.18. The largest absolute Gasteiger partial charge is 0.326 e. The number of aromatic nitrogens is 2. The number of pyridine rings is 2. The first-order chi connectivity index (χ1) is 12.4. The lowest BCUT2D eigenvalue weighted by Gasteiger charge is -2.09. The van der Waals surface area contributed by atoms with E-state index in [1.807, 2.05) is 31.2 Å². The van der Waals surface area contributed by atoms with Crippen molar-refractivity contribution in [2.24, 2.45) is 0 Å². The molecule has 0 saturated carbocycles. The predicted octanol–water partition coefficient (Wildman–Crippen LogP) is 2.45. The second-order valence-electron chi connectivity index (χ2n) is 6.18. The van der Waals surface area contributed by atoms with Crippen LogP contribution in [0.1, 0.15) is 27.2 Å². The summed E-state index contributed by atoms with van der Waals surface area (Å²) in [6.45, 7) is 4.12. The zero-order chi connectivity index (χ0) is 18.7. The third kappa shape index (κ3) is 3.80. The van der Waals surface area contributed by atoms with E-state index >= 15 is 0 Å². The van der Waals surface area contributed by atoms with Crippen LogP contribution in [-0.4, -0.2) is 15.5 Å². The summed E-state index contributed by atoms with van der Waals surface area (Å²) in [5.41, 5.74) is 2.06. The van der Waals surface area contributed by atoms with Crippen molar-refractivity contribution in [2.75, 3.05) is 5.32 Å². The molecule has 0 aliphatic heterocycles. The molecule has 0 aliphatic carbocycles. The molecule has 0 bridgehead atoms. The molecule has 26 heavy (non-hydrogen) atoms. The molecule has 3 aromatic rings. The van der Waals surface area contributed by atoms with E-state index in [1.165, 1.54) is 16.7 Å². The van der Waals surface area contributed by atoms with Gasteiger partial charge in [-0.1, -0.05) is 29.8 Å². The number of nitrogens with one attached hydrogen (secondary N) is 2. The molecule has 3 rings (SSSR count). The fourth-order valence-electron chi connectivity index (χ4n) is 2.59. The van der Waals surface area contributed by atoms with E-state index in [0.717, 1.165) is 11.1 Å². The molecular formula is C20H19N3O3. The summed E-state index contributed by atoms with van der Waals surface area (Å²) in [6.07, 6.45) is 1.66. The minimum atomic E-state index is -0.614. The monoisotopic (exact) mass is 349 g/mol.